The molecule has 0 aliphatic rings. The largest absolute Gasteiger partial charge is 0.444 e. The monoisotopic (exact) mass is 523 g/mol. The van der Waals surface area contributed by atoms with E-state index in [9.17, 15) is 14.4 Å². The van der Waals surface area contributed by atoms with Crippen LogP contribution >= 0.6 is 0 Å². The molecule has 7 nitrogen and oxygen atoms in total. The summed E-state index contributed by atoms with van der Waals surface area (Å²) in [5, 5.41) is 5.88. The van der Waals surface area contributed by atoms with Crippen molar-refractivity contribution in [1.29, 1.82) is 0 Å². The lowest BCUT2D eigenvalue weighted by Gasteiger charge is -2.39. The SMILES string of the molecule is CCC(C)C(NC(=O)OC(C)(C)C)C(=O)N(C(C)CC)C(C(=O)Nc1ccccc1C)c1ccccc1C. The summed E-state index contributed by atoms with van der Waals surface area (Å²) in [4.78, 5) is 42.8. The van der Waals surface area contributed by atoms with Gasteiger partial charge in [0.15, 0.2) is 0 Å². The van der Waals surface area contributed by atoms with Crippen molar-refractivity contribution in [3.63, 3.8) is 0 Å². The smallest absolute Gasteiger partial charge is 0.408 e. The van der Waals surface area contributed by atoms with E-state index in [-0.39, 0.29) is 23.8 Å². The van der Waals surface area contributed by atoms with Crippen LogP contribution in [0.25, 0.3) is 0 Å². The highest BCUT2D eigenvalue weighted by atomic mass is 16.6. The van der Waals surface area contributed by atoms with E-state index in [1.54, 1.807) is 25.7 Å². The molecule has 2 aromatic rings. The molecule has 0 fully saturated rings. The van der Waals surface area contributed by atoms with E-state index in [1.165, 1.54) is 0 Å². The third kappa shape index (κ3) is 8.07. The van der Waals surface area contributed by atoms with Crippen LogP contribution in [-0.4, -0.2) is 40.5 Å². The summed E-state index contributed by atoms with van der Waals surface area (Å²) < 4.78 is 5.48. The summed E-state index contributed by atoms with van der Waals surface area (Å²) in [6.45, 7) is 17.0. The van der Waals surface area contributed by atoms with E-state index in [1.807, 2.05) is 90.1 Å². The Morgan fingerprint density at radius 3 is 2.00 bits per heavy atom. The Hall–Kier alpha value is -3.35. The van der Waals surface area contributed by atoms with Gasteiger partial charge >= 0.3 is 6.09 Å². The van der Waals surface area contributed by atoms with Gasteiger partial charge in [0.05, 0.1) is 0 Å². The summed E-state index contributed by atoms with van der Waals surface area (Å²) in [7, 11) is 0. The molecule has 208 valence electrons. The number of carbonyl (C=O) groups excluding carboxylic acids is 3. The number of nitrogens with one attached hydrogen (secondary N) is 2. The van der Waals surface area contributed by atoms with E-state index in [4.69, 9.17) is 4.74 Å². The van der Waals surface area contributed by atoms with E-state index in [2.05, 4.69) is 10.6 Å². The lowest BCUT2D eigenvalue weighted by atomic mass is 9.93. The molecule has 0 aliphatic carbocycles. The Morgan fingerprint density at radius 2 is 1.47 bits per heavy atom. The van der Waals surface area contributed by atoms with Crippen LogP contribution < -0.4 is 10.6 Å². The van der Waals surface area contributed by atoms with Gasteiger partial charge in [-0.25, -0.2) is 4.79 Å². The van der Waals surface area contributed by atoms with Gasteiger partial charge in [0.2, 0.25) is 5.91 Å². The minimum atomic E-state index is -0.898. The third-order valence-electron chi connectivity index (χ3n) is 6.88. The molecule has 0 saturated heterocycles. The van der Waals surface area contributed by atoms with Crippen molar-refractivity contribution in [1.82, 2.24) is 10.2 Å². The molecular formula is C31H45N3O4. The van der Waals surface area contributed by atoms with Crippen LogP contribution in [0.15, 0.2) is 48.5 Å². The Bertz CT molecular complexity index is 1110. The fourth-order valence-corrected chi connectivity index (χ4v) is 4.30. The van der Waals surface area contributed by atoms with Crippen molar-refractivity contribution >= 4 is 23.6 Å². The summed E-state index contributed by atoms with van der Waals surface area (Å²) in [6.07, 6.45) is 0.633. The van der Waals surface area contributed by atoms with Gasteiger partial charge in [0.1, 0.15) is 17.7 Å². The molecule has 7 heteroatoms. The van der Waals surface area contributed by atoms with E-state index in [0.717, 1.165) is 16.7 Å². The lowest BCUT2D eigenvalue weighted by molar-refractivity contribution is -0.144. The molecule has 2 N–H and O–H groups in total. The zero-order valence-corrected chi connectivity index (χ0v) is 24.4. The Labute approximate surface area is 228 Å². The van der Waals surface area contributed by atoms with E-state index >= 15 is 0 Å². The van der Waals surface area contributed by atoms with Gasteiger partial charge in [-0.15, -0.1) is 0 Å². The highest BCUT2D eigenvalue weighted by Gasteiger charge is 2.40. The number of carbonyl (C=O) groups is 3. The molecule has 4 atom stereocenters. The predicted octanol–water partition coefficient (Wildman–Crippen LogP) is 6.55. The fraction of sp³-hybridized carbons (Fsp3) is 0.516. The molecule has 0 bridgehead atoms. The topological polar surface area (TPSA) is 87.7 Å². The molecule has 3 amide bonds. The van der Waals surface area contributed by atoms with E-state index < -0.39 is 23.8 Å². The first-order valence-electron chi connectivity index (χ1n) is 13.5. The zero-order chi connectivity index (χ0) is 28.6. The number of rotatable bonds is 10. The predicted molar refractivity (Wildman–Crippen MR) is 153 cm³/mol. The van der Waals surface area contributed by atoms with Gasteiger partial charge in [-0.3, -0.25) is 9.59 Å². The summed E-state index contributed by atoms with van der Waals surface area (Å²) in [5.41, 5.74) is 2.56. The van der Waals surface area contributed by atoms with Crippen LogP contribution in [0, 0.1) is 19.8 Å². The van der Waals surface area contributed by atoms with Gasteiger partial charge in [-0.05, 0) is 76.6 Å². The quantitative estimate of drug-likeness (QED) is 0.370. The number of anilines is 1. The number of aryl methyl sites for hydroxylation is 2. The van der Waals surface area contributed by atoms with Crippen molar-refractivity contribution in [2.45, 2.75) is 98.9 Å². The average molecular weight is 524 g/mol. The number of amides is 3. The maximum atomic E-state index is 14.4. The Balaban J connectivity index is 2.61. The number of alkyl carbamates (subject to hydrolysis) is 1. The van der Waals surface area contributed by atoms with Gasteiger partial charge in [0, 0.05) is 11.7 Å². The standard InChI is InChI=1S/C31H45N3O4/c1-10-20(3)26(33-30(37)38-31(7,8)9)29(36)34(23(6)11-2)27(24-18-14-12-16-21(24)4)28(35)32-25-19-15-13-17-22(25)5/h12-20,23,26-27H,10-11H2,1-9H3,(H,32,35)(H,33,37). The second kappa shape index (κ2) is 13.4. The molecule has 2 aromatic carbocycles. The summed E-state index contributed by atoms with van der Waals surface area (Å²) in [5.74, 6) is -0.798. The molecule has 38 heavy (non-hydrogen) atoms. The minimum Gasteiger partial charge on any atom is -0.444 e. The molecule has 0 saturated carbocycles. The van der Waals surface area contributed by atoms with Gasteiger partial charge in [0.25, 0.3) is 5.91 Å². The summed E-state index contributed by atoms with van der Waals surface area (Å²) >= 11 is 0. The van der Waals surface area contributed by atoms with Crippen LogP contribution in [0.5, 0.6) is 0 Å². The van der Waals surface area contributed by atoms with Crippen molar-refractivity contribution in [3.05, 3.63) is 65.2 Å². The molecule has 0 aromatic heterocycles. The fourth-order valence-electron chi connectivity index (χ4n) is 4.30. The third-order valence-corrected chi connectivity index (χ3v) is 6.88. The van der Waals surface area contributed by atoms with Crippen molar-refractivity contribution in [3.8, 4) is 0 Å². The molecule has 0 radical (unpaired) electrons. The Kier molecular flexibility index (Phi) is 10.9. The second-order valence-electron chi connectivity index (χ2n) is 11.1. The van der Waals surface area contributed by atoms with Crippen molar-refractivity contribution in [2.24, 2.45) is 5.92 Å². The average Bonchev–Trinajstić information content (AvgIpc) is 2.85. The highest BCUT2D eigenvalue weighted by molar-refractivity contribution is 5.99. The van der Waals surface area contributed by atoms with Crippen LogP contribution in [0.2, 0.25) is 0 Å². The number of para-hydroxylation sites is 1. The summed E-state index contributed by atoms with van der Waals surface area (Å²) in [6, 6.07) is 13.1. The van der Waals surface area contributed by atoms with Crippen molar-refractivity contribution < 1.29 is 19.1 Å². The maximum absolute atomic E-state index is 14.4. The molecule has 2 rings (SSSR count). The number of nitrogens with zero attached hydrogens (tertiary/aromatic N) is 1. The number of hydrogen-bond donors (Lipinski definition) is 2. The van der Waals surface area contributed by atoms with Crippen LogP contribution in [-0.2, 0) is 14.3 Å². The normalized spacial score (nSPS) is 14.6. The molecule has 0 aliphatic heterocycles. The van der Waals surface area contributed by atoms with Gasteiger partial charge in [-0.1, -0.05) is 69.7 Å². The first-order chi connectivity index (χ1) is 17.8. The highest BCUT2D eigenvalue weighted by Crippen LogP contribution is 2.31. The van der Waals surface area contributed by atoms with Crippen LogP contribution in [0.3, 0.4) is 0 Å². The lowest BCUT2D eigenvalue weighted by Crippen LogP contribution is -2.57. The molecule has 0 heterocycles. The van der Waals surface area contributed by atoms with Gasteiger partial charge < -0.3 is 20.3 Å². The number of benzene rings is 2. The first kappa shape index (κ1) is 30.9. The second-order valence-corrected chi connectivity index (χ2v) is 11.1. The van der Waals surface area contributed by atoms with Crippen molar-refractivity contribution in [2.75, 3.05) is 5.32 Å². The molecule has 4 unspecified atom stereocenters. The van der Waals surface area contributed by atoms with Crippen LogP contribution in [0.4, 0.5) is 10.5 Å². The minimum absolute atomic E-state index is 0.182. The zero-order valence-electron chi connectivity index (χ0n) is 24.4. The van der Waals surface area contributed by atoms with E-state index in [0.29, 0.717) is 18.5 Å². The molecule has 0 spiro atoms. The maximum Gasteiger partial charge on any atom is 0.408 e. The molecular weight excluding hydrogens is 478 g/mol. The number of ether oxygens (including phenoxy) is 1. The number of hydrogen-bond acceptors (Lipinski definition) is 4. The Morgan fingerprint density at radius 1 is 0.895 bits per heavy atom. The van der Waals surface area contributed by atoms with Crippen LogP contribution in [0.1, 0.15) is 84.0 Å². The first-order valence-corrected chi connectivity index (χ1v) is 13.5. The van der Waals surface area contributed by atoms with Gasteiger partial charge in [-0.2, -0.15) is 0 Å².